The lowest BCUT2D eigenvalue weighted by Gasteiger charge is -2.23. The normalized spacial score (nSPS) is 14.3. The van der Waals surface area contributed by atoms with E-state index in [1.54, 1.807) is 0 Å². The predicted molar refractivity (Wildman–Crippen MR) is 123 cm³/mol. The maximum atomic E-state index is 12.2. The minimum absolute atomic E-state index is 0.0439. The van der Waals surface area contributed by atoms with Crippen LogP contribution in [-0.2, 0) is 13.8 Å². The van der Waals surface area contributed by atoms with Crippen molar-refractivity contribution >= 4 is 13.8 Å². The van der Waals surface area contributed by atoms with Crippen molar-refractivity contribution in [2.45, 2.75) is 31.6 Å². The third-order valence-electron chi connectivity index (χ3n) is 5.71. The fourth-order valence-corrected chi connectivity index (χ4v) is 4.97. The van der Waals surface area contributed by atoms with E-state index in [0.29, 0.717) is 19.6 Å². The minimum Gasteiger partial charge on any atom is -0.761 e. The number of benzene rings is 2. The Balaban J connectivity index is 1.11. The van der Waals surface area contributed by atoms with Gasteiger partial charge in [-0.3, -0.25) is 8.90 Å². The Morgan fingerprint density at radius 2 is 1.70 bits per heavy atom. The molecule has 174 valence electrons. The molecule has 0 bridgehead atoms. The van der Waals surface area contributed by atoms with Gasteiger partial charge in [-0.1, -0.05) is 61.4 Å². The van der Waals surface area contributed by atoms with E-state index in [9.17, 15) is 14.3 Å². The molecule has 2 aromatic carbocycles. The van der Waals surface area contributed by atoms with E-state index >= 15 is 0 Å². The third-order valence-corrected chi connectivity index (χ3v) is 7.02. The van der Waals surface area contributed by atoms with Gasteiger partial charge in [0.2, 0.25) is 7.75 Å². The Labute approximate surface area is 193 Å². The second-order valence-corrected chi connectivity index (χ2v) is 9.57. The van der Waals surface area contributed by atoms with Gasteiger partial charge in [0.05, 0.1) is 6.61 Å². The molecule has 4 rings (SSSR count). The van der Waals surface area contributed by atoms with Crippen LogP contribution in [-0.4, -0.2) is 35.2 Å². The van der Waals surface area contributed by atoms with Gasteiger partial charge >= 0.3 is 6.09 Å². The van der Waals surface area contributed by atoms with Crippen molar-refractivity contribution in [2.75, 3.05) is 19.8 Å². The lowest BCUT2D eigenvalue weighted by Crippen LogP contribution is -2.27. The van der Waals surface area contributed by atoms with Crippen molar-refractivity contribution in [1.82, 2.24) is 14.6 Å². The Morgan fingerprint density at radius 3 is 2.36 bits per heavy atom. The lowest BCUT2D eigenvalue weighted by molar-refractivity contribution is -0.202. The maximum Gasteiger partial charge on any atom is 0.407 e. The summed E-state index contributed by atoms with van der Waals surface area (Å²) >= 11 is 0. The van der Waals surface area contributed by atoms with Gasteiger partial charge in [0.25, 0.3) is 0 Å². The van der Waals surface area contributed by atoms with Gasteiger partial charge < -0.3 is 19.5 Å². The average molecular weight is 468 g/mol. The molecule has 8 nitrogen and oxygen atoms in total. The molecule has 1 aliphatic rings. The van der Waals surface area contributed by atoms with Crippen LogP contribution in [0.3, 0.4) is 0 Å². The van der Waals surface area contributed by atoms with Gasteiger partial charge in [-0.2, -0.15) is 0 Å². The number of hydrogen-bond donors (Lipinski definition) is 1. The van der Waals surface area contributed by atoms with Gasteiger partial charge in [-0.05, 0) is 35.1 Å². The number of nitrogens with zero attached hydrogens (tertiary/aromatic N) is 2. The Bertz CT molecular complexity index is 1070. The van der Waals surface area contributed by atoms with Crippen molar-refractivity contribution in [3.63, 3.8) is 0 Å². The number of amides is 1. The van der Waals surface area contributed by atoms with Crippen molar-refractivity contribution in [3.05, 3.63) is 78.4 Å². The van der Waals surface area contributed by atoms with Gasteiger partial charge in [0.15, 0.2) is 0 Å². The molecular weight excluding hydrogens is 441 g/mol. The first kappa shape index (κ1) is 23.2. The molecule has 0 aliphatic heterocycles. The second kappa shape index (κ2) is 10.8. The summed E-state index contributed by atoms with van der Waals surface area (Å²) in [5.41, 5.74) is 4.77. The number of unbranched alkanes of at least 4 members (excludes halogenated alkanes) is 3. The lowest BCUT2D eigenvalue weighted by atomic mass is 9.98. The number of alkyl carbamates (subject to hydrolysis) is 1. The van der Waals surface area contributed by atoms with Gasteiger partial charge in [0.1, 0.15) is 12.9 Å². The quantitative estimate of drug-likeness (QED) is 0.332. The molecule has 1 aliphatic carbocycles. The first-order valence-electron chi connectivity index (χ1n) is 11.1. The van der Waals surface area contributed by atoms with E-state index in [4.69, 9.17) is 9.26 Å². The van der Waals surface area contributed by atoms with E-state index < -0.39 is 13.8 Å². The van der Waals surface area contributed by atoms with Crippen LogP contribution in [0.5, 0.6) is 0 Å². The van der Waals surface area contributed by atoms with E-state index in [1.165, 1.54) is 41.0 Å². The SMILES string of the molecule is O=C(NCCCCCCOP(=O)([O-])n1ccnc1)OCC1c2ccccc2-c2ccccc21. The molecule has 1 atom stereocenters. The molecule has 1 amide bonds. The van der Waals surface area contributed by atoms with Crippen LogP contribution in [0.4, 0.5) is 4.79 Å². The topological polar surface area (TPSA) is 106 Å². The van der Waals surface area contributed by atoms with Crippen LogP contribution >= 0.6 is 7.75 Å². The standard InChI is InChI=1S/C24H28N3O5P/c28-24(26-13-7-1-2-8-16-32-33(29,30)27-15-14-25-18-27)31-17-23-21-11-5-3-9-19(21)20-10-4-6-12-22(20)23/h3-6,9-12,14-15,18,23H,1-2,7-8,13,16-17H2,(H,26,28)(H,29,30)/p-1. The van der Waals surface area contributed by atoms with E-state index in [1.807, 2.05) is 24.3 Å². The van der Waals surface area contributed by atoms with Crippen molar-refractivity contribution in [3.8, 4) is 11.1 Å². The number of fused-ring (bicyclic) bond motifs is 3. The van der Waals surface area contributed by atoms with Crippen LogP contribution in [0.1, 0.15) is 42.7 Å². The molecule has 0 saturated heterocycles. The monoisotopic (exact) mass is 468 g/mol. The Hall–Kier alpha value is -2.93. The molecule has 33 heavy (non-hydrogen) atoms. The van der Waals surface area contributed by atoms with Crippen LogP contribution in [0.2, 0.25) is 0 Å². The predicted octanol–water partition coefficient (Wildman–Crippen LogP) is 4.32. The van der Waals surface area contributed by atoms with Crippen molar-refractivity contribution in [2.24, 2.45) is 0 Å². The first-order valence-corrected chi connectivity index (χ1v) is 12.6. The van der Waals surface area contributed by atoms with Crippen LogP contribution in [0.15, 0.2) is 67.3 Å². The zero-order valence-corrected chi connectivity index (χ0v) is 19.2. The molecule has 0 saturated carbocycles. The third kappa shape index (κ3) is 5.71. The molecular formula is C24H27N3O5P-. The number of nitrogens with one attached hydrogen (secondary N) is 1. The van der Waals surface area contributed by atoms with E-state index in [0.717, 1.165) is 23.6 Å². The second-order valence-electron chi connectivity index (χ2n) is 7.91. The average Bonchev–Trinajstić information content (AvgIpc) is 3.47. The summed E-state index contributed by atoms with van der Waals surface area (Å²) < 4.78 is 23.3. The highest BCUT2D eigenvalue weighted by Crippen LogP contribution is 2.44. The summed E-state index contributed by atoms with van der Waals surface area (Å²) in [4.78, 5) is 27.7. The summed E-state index contributed by atoms with van der Waals surface area (Å²) in [6, 6.07) is 16.5. The largest absolute Gasteiger partial charge is 0.761 e. The molecule has 1 N–H and O–H groups in total. The maximum absolute atomic E-state index is 12.2. The van der Waals surface area contributed by atoms with Crippen LogP contribution in [0, 0.1) is 0 Å². The fourth-order valence-electron chi connectivity index (χ4n) is 4.06. The highest BCUT2D eigenvalue weighted by atomic mass is 31.2. The van der Waals surface area contributed by atoms with Gasteiger partial charge in [-0.25, -0.2) is 9.78 Å². The van der Waals surface area contributed by atoms with E-state index in [-0.39, 0.29) is 12.5 Å². The first-order chi connectivity index (χ1) is 16.1. The molecule has 1 unspecified atom stereocenters. The molecule has 0 spiro atoms. The summed E-state index contributed by atoms with van der Waals surface area (Å²) in [7, 11) is -4.10. The van der Waals surface area contributed by atoms with Crippen LogP contribution in [0.25, 0.3) is 11.1 Å². The number of imidazole rings is 1. The minimum atomic E-state index is -4.10. The van der Waals surface area contributed by atoms with E-state index in [2.05, 4.69) is 34.6 Å². The van der Waals surface area contributed by atoms with Crippen molar-refractivity contribution in [1.29, 1.82) is 0 Å². The number of rotatable bonds is 11. The fraction of sp³-hybridized carbons (Fsp3) is 0.333. The molecule has 1 heterocycles. The molecule has 0 fully saturated rings. The smallest absolute Gasteiger partial charge is 0.407 e. The van der Waals surface area contributed by atoms with Gasteiger partial charge in [0, 0.05) is 24.9 Å². The van der Waals surface area contributed by atoms with Crippen LogP contribution < -0.4 is 10.2 Å². The van der Waals surface area contributed by atoms with Crippen molar-refractivity contribution < 1.29 is 23.5 Å². The molecule has 0 radical (unpaired) electrons. The zero-order chi connectivity index (χ0) is 23.1. The highest BCUT2D eigenvalue weighted by molar-refractivity contribution is 7.49. The number of carbonyl (C=O) groups excluding carboxylic acids is 1. The summed E-state index contributed by atoms with van der Waals surface area (Å²) in [5, 5.41) is 2.79. The Kier molecular flexibility index (Phi) is 7.60. The summed E-state index contributed by atoms with van der Waals surface area (Å²) in [6.45, 7) is 0.925. The molecule has 9 heteroatoms. The molecule has 1 aromatic heterocycles. The number of carbonyl (C=O) groups is 1. The Morgan fingerprint density at radius 1 is 1.03 bits per heavy atom. The molecule has 3 aromatic rings. The zero-order valence-electron chi connectivity index (χ0n) is 18.3. The number of ether oxygens (including phenoxy) is 1. The number of aromatic nitrogens is 2. The number of hydrogen-bond acceptors (Lipinski definition) is 6. The highest BCUT2D eigenvalue weighted by Gasteiger charge is 2.28. The van der Waals surface area contributed by atoms with Gasteiger partial charge in [-0.15, -0.1) is 0 Å². The summed E-state index contributed by atoms with van der Waals surface area (Å²) in [6.07, 6.45) is 6.54. The summed E-state index contributed by atoms with van der Waals surface area (Å²) in [5.74, 6) is 0.0439.